The number of aromatic hydroxyl groups is 1. The first kappa shape index (κ1) is 20.6. The number of aromatic nitrogens is 2. The number of fused-ring (bicyclic) bond motifs is 3. The zero-order valence-electron chi connectivity index (χ0n) is 17.9. The third-order valence-corrected chi connectivity index (χ3v) is 7.68. The Balaban J connectivity index is 1.64. The van der Waals surface area contributed by atoms with Gasteiger partial charge >= 0.3 is 0 Å². The lowest BCUT2D eigenvalue weighted by molar-refractivity contribution is 0.184. The Kier molecular flexibility index (Phi) is 5.64. The standard InChI is InChI=1S/C23H28N4O2S/c1-5-23(2,3)15-9-10-18-16(11-15)19-21(24-13-25-22(19)30-18)27-26-12-14-7-6-8-17(29-4)20(14)28/h6-8,12-13,15,28H,5,9-11H2,1-4H3,(H,24,25,27)/b26-12-. The minimum Gasteiger partial charge on any atom is -0.504 e. The van der Waals surface area contributed by atoms with Crippen molar-refractivity contribution in [1.82, 2.24) is 9.97 Å². The summed E-state index contributed by atoms with van der Waals surface area (Å²) in [5.41, 5.74) is 5.34. The summed E-state index contributed by atoms with van der Waals surface area (Å²) in [5, 5.41) is 15.7. The number of methoxy groups -OCH3 is 1. The van der Waals surface area contributed by atoms with Crippen molar-refractivity contribution in [3.8, 4) is 11.5 Å². The van der Waals surface area contributed by atoms with E-state index in [1.54, 1.807) is 36.0 Å². The Morgan fingerprint density at radius 3 is 2.97 bits per heavy atom. The van der Waals surface area contributed by atoms with Gasteiger partial charge in [-0.1, -0.05) is 33.3 Å². The molecule has 0 saturated heterocycles. The lowest BCUT2D eigenvalue weighted by Crippen LogP contribution is -2.28. The summed E-state index contributed by atoms with van der Waals surface area (Å²) in [5.74, 6) is 1.85. The molecule has 1 atom stereocenters. The van der Waals surface area contributed by atoms with E-state index in [1.807, 2.05) is 6.07 Å². The fourth-order valence-electron chi connectivity index (χ4n) is 4.12. The molecule has 6 nitrogen and oxygen atoms in total. The molecular weight excluding hydrogens is 396 g/mol. The second-order valence-corrected chi connectivity index (χ2v) is 9.54. The maximum Gasteiger partial charge on any atom is 0.166 e. The number of benzene rings is 1. The van der Waals surface area contributed by atoms with Gasteiger partial charge in [-0.3, -0.25) is 5.43 Å². The van der Waals surface area contributed by atoms with Crippen LogP contribution >= 0.6 is 11.3 Å². The number of ether oxygens (including phenoxy) is 1. The first-order valence-corrected chi connectivity index (χ1v) is 11.2. The highest BCUT2D eigenvalue weighted by Crippen LogP contribution is 2.45. The summed E-state index contributed by atoms with van der Waals surface area (Å²) >= 11 is 1.77. The van der Waals surface area contributed by atoms with Gasteiger partial charge in [0.2, 0.25) is 0 Å². The van der Waals surface area contributed by atoms with Gasteiger partial charge in [-0.15, -0.1) is 11.3 Å². The summed E-state index contributed by atoms with van der Waals surface area (Å²) in [6, 6.07) is 5.30. The maximum atomic E-state index is 10.2. The third-order valence-electron chi connectivity index (χ3n) is 6.48. The Morgan fingerprint density at radius 1 is 1.37 bits per heavy atom. The predicted octanol–water partition coefficient (Wildman–Crippen LogP) is 5.39. The van der Waals surface area contributed by atoms with Crippen LogP contribution in [0.4, 0.5) is 5.82 Å². The van der Waals surface area contributed by atoms with Crippen LogP contribution in [-0.2, 0) is 12.8 Å². The first-order valence-electron chi connectivity index (χ1n) is 10.3. The molecule has 0 radical (unpaired) electrons. The number of nitrogens with one attached hydrogen (secondary N) is 1. The van der Waals surface area contributed by atoms with Crippen LogP contribution < -0.4 is 10.2 Å². The molecule has 1 unspecified atom stereocenters. The molecule has 0 spiro atoms. The van der Waals surface area contributed by atoms with Crippen molar-refractivity contribution in [2.75, 3.05) is 12.5 Å². The third kappa shape index (κ3) is 3.74. The molecule has 0 fully saturated rings. The van der Waals surface area contributed by atoms with Gasteiger partial charge in [0.15, 0.2) is 17.3 Å². The molecule has 1 aliphatic carbocycles. The highest BCUT2D eigenvalue weighted by atomic mass is 32.1. The second kappa shape index (κ2) is 8.22. The summed E-state index contributed by atoms with van der Waals surface area (Å²) in [7, 11) is 1.53. The number of phenols is 1. The van der Waals surface area contributed by atoms with E-state index in [9.17, 15) is 5.11 Å². The molecule has 1 aromatic carbocycles. The van der Waals surface area contributed by atoms with Crippen LogP contribution in [0.1, 0.15) is 49.6 Å². The summed E-state index contributed by atoms with van der Waals surface area (Å²) in [6.07, 6.45) is 7.71. The molecule has 1 aliphatic rings. The summed E-state index contributed by atoms with van der Waals surface area (Å²) in [4.78, 5) is 11.4. The van der Waals surface area contributed by atoms with Crippen LogP contribution in [0.15, 0.2) is 29.6 Å². The van der Waals surface area contributed by atoms with E-state index in [4.69, 9.17) is 4.74 Å². The number of hydrazone groups is 1. The normalized spacial score (nSPS) is 16.7. The molecule has 2 aromatic heterocycles. The van der Waals surface area contributed by atoms with Crippen LogP contribution in [0.25, 0.3) is 10.2 Å². The van der Waals surface area contributed by atoms with Gasteiger partial charge in [0.1, 0.15) is 11.2 Å². The van der Waals surface area contributed by atoms with Crippen molar-refractivity contribution < 1.29 is 9.84 Å². The fourth-order valence-corrected chi connectivity index (χ4v) is 5.30. The van der Waals surface area contributed by atoms with Crippen LogP contribution in [0.3, 0.4) is 0 Å². The quantitative estimate of drug-likeness (QED) is 0.409. The Labute approximate surface area is 181 Å². The van der Waals surface area contributed by atoms with Crippen LogP contribution in [-0.4, -0.2) is 28.4 Å². The van der Waals surface area contributed by atoms with Gasteiger partial charge in [0, 0.05) is 10.4 Å². The molecular formula is C23H28N4O2S. The van der Waals surface area contributed by atoms with E-state index < -0.39 is 0 Å². The van der Waals surface area contributed by atoms with Gasteiger partial charge in [-0.2, -0.15) is 5.10 Å². The number of phenolic OH excluding ortho intramolecular Hbond substituents is 1. The zero-order chi connectivity index (χ0) is 21.3. The van der Waals surface area contributed by atoms with Crippen molar-refractivity contribution in [1.29, 1.82) is 0 Å². The van der Waals surface area contributed by atoms with Crippen molar-refractivity contribution in [2.24, 2.45) is 16.4 Å². The van der Waals surface area contributed by atoms with Gasteiger partial charge in [-0.05, 0) is 48.3 Å². The molecule has 2 heterocycles. The molecule has 0 bridgehead atoms. The topological polar surface area (TPSA) is 79.6 Å². The molecule has 158 valence electrons. The van der Waals surface area contributed by atoms with E-state index in [-0.39, 0.29) is 5.75 Å². The van der Waals surface area contributed by atoms with E-state index in [0.29, 0.717) is 28.5 Å². The van der Waals surface area contributed by atoms with Gasteiger partial charge in [0.05, 0.1) is 18.7 Å². The van der Waals surface area contributed by atoms with Crippen LogP contribution in [0.2, 0.25) is 0 Å². The predicted molar refractivity (Wildman–Crippen MR) is 123 cm³/mol. The number of hydrogen-bond acceptors (Lipinski definition) is 7. The SMILES string of the molecule is CCC(C)(C)C1CCc2sc3ncnc(N/N=C\c4cccc(OC)c4O)c3c2C1. The molecule has 0 amide bonds. The van der Waals surface area contributed by atoms with E-state index in [1.165, 1.54) is 30.4 Å². The average Bonchev–Trinajstić information content (AvgIpc) is 3.13. The van der Waals surface area contributed by atoms with Crippen molar-refractivity contribution in [2.45, 2.75) is 46.5 Å². The molecule has 30 heavy (non-hydrogen) atoms. The number of para-hydroxylation sites is 1. The number of anilines is 1. The number of thiophene rings is 1. The van der Waals surface area contributed by atoms with Gasteiger partial charge in [-0.25, -0.2) is 9.97 Å². The van der Waals surface area contributed by atoms with Crippen molar-refractivity contribution in [3.63, 3.8) is 0 Å². The molecule has 2 N–H and O–H groups in total. The lowest BCUT2D eigenvalue weighted by atomic mass is 9.69. The number of nitrogens with zero attached hydrogens (tertiary/aromatic N) is 3. The molecule has 0 saturated carbocycles. The van der Waals surface area contributed by atoms with Crippen LogP contribution in [0, 0.1) is 11.3 Å². The highest BCUT2D eigenvalue weighted by Gasteiger charge is 2.33. The molecule has 0 aliphatic heterocycles. The van der Waals surface area contributed by atoms with Crippen molar-refractivity contribution in [3.05, 3.63) is 40.5 Å². The monoisotopic (exact) mass is 424 g/mol. The average molecular weight is 425 g/mol. The smallest absolute Gasteiger partial charge is 0.166 e. The summed E-state index contributed by atoms with van der Waals surface area (Å²) in [6.45, 7) is 7.02. The maximum absolute atomic E-state index is 10.2. The summed E-state index contributed by atoms with van der Waals surface area (Å²) < 4.78 is 5.16. The number of rotatable bonds is 6. The second-order valence-electron chi connectivity index (χ2n) is 8.46. The Hall–Kier alpha value is -2.67. The van der Waals surface area contributed by atoms with E-state index in [0.717, 1.165) is 23.1 Å². The minimum atomic E-state index is 0.0657. The first-order chi connectivity index (χ1) is 14.4. The minimum absolute atomic E-state index is 0.0657. The van der Waals surface area contributed by atoms with Gasteiger partial charge < -0.3 is 9.84 Å². The van der Waals surface area contributed by atoms with E-state index in [2.05, 4.69) is 41.3 Å². The molecule has 7 heteroatoms. The number of aryl methyl sites for hydroxylation is 1. The Morgan fingerprint density at radius 2 is 2.20 bits per heavy atom. The van der Waals surface area contributed by atoms with Gasteiger partial charge in [0.25, 0.3) is 0 Å². The zero-order valence-corrected chi connectivity index (χ0v) is 18.7. The van der Waals surface area contributed by atoms with Crippen molar-refractivity contribution >= 4 is 33.6 Å². The van der Waals surface area contributed by atoms with E-state index >= 15 is 0 Å². The molecule has 4 rings (SSSR count). The molecule has 3 aromatic rings. The largest absolute Gasteiger partial charge is 0.504 e. The highest BCUT2D eigenvalue weighted by molar-refractivity contribution is 7.19. The lowest BCUT2D eigenvalue weighted by Gasteiger charge is -2.36. The fraction of sp³-hybridized carbons (Fsp3) is 0.435. The van der Waals surface area contributed by atoms with Crippen LogP contribution in [0.5, 0.6) is 11.5 Å². The number of hydrogen-bond donors (Lipinski definition) is 2. The Bertz CT molecular complexity index is 1090.